The molecule has 1 atom stereocenters. The minimum absolute atomic E-state index is 0.272. The Balaban J connectivity index is 0.000000207. The molecule has 0 amide bonds. The van der Waals surface area contributed by atoms with Crippen LogP contribution in [0.4, 0.5) is 10.2 Å². The van der Waals surface area contributed by atoms with Gasteiger partial charge in [-0.1, -0.05) is 19.3 Å². The van der Waals surface area contributed by atoms with Gasteiger partial charge in [0.2, 0.25) is 0 Å². The van der Waals surface area contributed by atoms with E-state index in [1.165, 1.54) is 31.4 Å². The zero-order chi connectivity index (χ0) is 22.5. The van der Waals surface area contributed by atoms with E-state index in [1.807, 2.05) is 12.1 Å². The van der Waals surface area contributed by atoms with E-state index >= 15 is 0 Å². The zero-order valence-corrected chi connectivity index (χ0v) is 18.0. The van der Waals surface area contributed by atoms with Crippen LogP contribution in [-0.4, -0.2) is 50.3 Å². The number of aromatic nitrogens is 3. The maximum Gasteiger partial charge on any atom is 0.303 e. The number of carboxylic acids is 1. The van der Waals surface area contributed by atoms with Gasteiger partial charge in [-0.05, 0) is 55.5 Å². The number of fused-ring (bicyclic) bond motifs is 1. The molecular formula is C24H29FN4O3. The molecule has 3 N–H and O–H groups in total. The fraction of sp³-hybridized carbons (Fsp3) is 0.458. The maximum atomic E-state index is 13.2. The summed E-state index contributed by atoms with van der Waals surface area (Å²) in [5.41, 5.74) is 2.24. The van der Waals surface area contributed by atoms with Crippen molar-refractivity contribution in [3.63, 3.8) is 0 Å². The number of aliphatic hydroxyl groups is 1. The molecular weight excluding hydrogens is 411 g/mol. The normalized spacial score (nSPS) is 19.1. The third-order valence-electron chi connectivity index (χ3n) is 6.14. The van der Waals surface area contributed by atoms with Gasteiger partial charge < -0.3 is 20.1 Å². The number of anilines is 1. The molecule has 7 nitrogen and oxygen atoms in total. The lowest BCUT2D eigenvalue weighted by Gasteiger charge is -2.18. The fourth-order valence-corrected chi connectivity index (χ4v) is 4.42. The molecule has 2 fully saturated rings. The highest BCUT2D eigenvalue weighted by molar-refractivity contribution is 5.79. The summed E-state index contributed by atoms with van der Waals surface area (Å²) >= 11 is 0. The van der Waals surface area contributed by atoms with Crippen LogP contribution in [0.15, 0.2) is 36.5 Å². The van der Waals surface area contributed by atoms with Crippen LogP contribution in [0.5, 0.6) is 0 Å². The van der Waals surface area contributed by atoms with Crippen LogP contribution in [0.25, 0.3) is 22.4 Å². The largest absolute Gasteiger partial charge is 0.481 e. The molecule has 0 bridgehead atoms. The number of hydrogen-bond donors (Lipinski definition) is 3. The number of imidazole rings is 1. The lowest BCUT2D eigenvalue weighted by atomic mass is 9.87. The van der Waals surface area contributed by atoms with E-state index in [0.717, 1.165) is 42.7 Å². The second-order valence-electron chi connectivity index (χ2n) is 8.64. The van der Waals surface area contributed by atoms with Gasteiger partial charge in [-0.3, -0.25) is 4.79 Å². The molecule has 1 aromatic carbocycles. The third-order valence-corrected chi connectivity index (χ3v) is 6.14. The summed E-state index contributed by atoms with van der Waals surface area (Å²) in [7, 11) is 0. The molecule has 1 aliphatic carbocycles. The summed E-state index contributed by atoms with van der Waals surface area (Å²) in [6.07, 6.45) is 8.67. The number of aromatic amines is 1. The fourth-order valence-electron chi connectivity index (χ4n) is 4.42. The Bertz CT molecular complexity index is 1050. The number of nitrogens with zero attached hydrogens (tertiary/aromatic N) is 3. The van der Waals surface area contributed by atoms with Gasteiger partial charge in [0.15, 0.2) is 0 Å². The van der Waals surface area contributed by atoms with Gasteiger partial charge in [0, 0.05) is 31.3 Å². The van der Waals surface area contributed by atoms with Crippen molar-refractivity contribution in [2.24, 2.45) is 5.92 Å². The number of benzene rings is 1. The van der Waals surface area contributed by atoms with Crippen LogP contribution in [0, 0.1) is 11.7 Å². The van der Waals surface area contributed by atoms with Gasteiger partial charge in [0.1, 0.15) is 17.5 Å². The predicted molar refractivity (Wildman–Crippen MR) is 121 cm³/mol. The maximum absolute atomic E-state index is 13.2. The molecule has 3 aromatic rings. The van der Waals surface area contributed by atoms with E-state index in [2.05, 4.69) is 19.9 Å². The van der Waals surface area contributed by atoms with Crippen LogP contribution in [0.2, 0.25) is 0 Å². The Kier molecular flexibility index (Phi) is 6.99. The molecule has 1 unspecified atom stereocenters. The zero-order valence-electron chi connectivity index (χ0n) is 18.0. The highest BCUT2D eigenvalue weighted by atomic mass is 19.1. The minimum Gasteiger partial charge on any atom is -0.481 e. The monoisotopic (exact) mass is 440 g/mol. The second-order valence-corrected chi connectivity index (χ2v) is 8.64. The van der Waals surface area contributed by atoms with Crippen molar-refractivity contribution in [1.29, 1.82) is 0 Å². The highest BCUT2D eigenvalue weighted by Crippen LogP contribution is 2.26. The van der Waals surface area contributed by atoms with Crippen LogP contribution < -0.4 is 4.90 Å². The number of rotatable bonds is 4. The Morgan fingerprint density at radius 3 is 2.62 bits per heavy atom. The number of pyridine rings is 1. The molecule has 5 rings (SSSR count). The molecule has 8 heteroatoms. The van der Waals surface area contributed by atoms with Crippen LogP contribution in [0.1, 0.15) is 44.9 Å². The molecule has 3 heterocycles. The number of H-pyrrole nitrogens is 1. The minimum atomic E-state index is -0.632. The number of aliphatic hydroxyl groups excluding tert-OH is 1. The van der Waals surface area contributed by atoms with Gasteiger partial charge in [-0.2, -0.15) is 0 Å². The first-order valence-electron chi connectivity index (χ1n) is 11.2. The SMILES string of the molecule is O=C(O)CC1CCCCC1.OC1CCN(c2ccc(-c3nc4ccc(F)cc4[nH]3)cn2)C1. The lowest BCUT2D eigenvalue weighted by molar-refractivity contribution is -0.138. The van der Waals surface area contributed by atoms with E-state index in [-0.39, 0.29) is 11.9 Å². The van der Waals surface area contributed by atoms with E-state index in [0.29, 0.717) is 30.2 Å². The van der Waals surface area contributed by atoms with Gasteiger partial charge in [0.05, 0.1) is 17.1 Å². The number of nitrogens with one attached hydrogen (secondary N) is 1. The summed E-state index contributed by atoms with van der Waals surface area (Å²) < 4.78 is 13.2. The Morgan fingerprint density at radius 2 is 1.97 bits per heavy atom. The predicted octanol–water partition coefficient (Wildman–Crippen LogP) is 4.38. The van der Waals surface area contributed by atoms with Crippen LogP contribution in [0.3, 0.4) is 0 Å². The first-order chi connectivity index (χ1) is 15.5. The topological polar surface area (TPSA) is 102 Å². The Hall–Kier alpha value is -3.00. The van der Waals surface area contributed by atoms with E-state index < -0.39 is 5.97 Å². The number of carbonyl (C=O) groups is 1. The highest BCUT2D eigenvalue weighted by Gasteiger charge is 2.21. The van der Waals surface area contributed by atoms with Crippen LogP contribution in [-0.2, 0) is 4.79 Å². The first kappa shape index (κ1) is 22.2. The van der Waals surface area contributed by atoms with E-state index in [1.54, 1.807) is 12.3 Å². The van der Waals surface area contributed by atoms with Crippen LogP contribution >= 0.6 is 0 Å². The van der Waals surface area contributed by atoms with Crippen molar-refractivity contribution in [3.8, 4) is 11.4 Å². The number of hydrogen-bond acceptors (Lipinski definition) is 5. The van der Waals surface area contributed by atoms with Gasteiger partial charge in [-0.25, -0.2) is 14.4 Å². The van der Waals surface area contributed by atoms with Crippen molar-refractivity contribution >= 4 is 22.8 Å². The number of halogens is 1. The Morgan fingerprint density at radius 1 is 1.16 bits per heavy atom. The summed E-state index contributed by atoms with van der Waals surface area (Å²) in [6.45, 7) is 1.44. The van der Waals surface area contributed by atoms with Gasteiger partial charge in [0.25, 0.3) is 0 Å². The van der Waals surface area contributed by atoms with Crippen molar-refractivity contribution in [3.05, 3.63) is 42.3 Å². The van der Waals surface area contributed by atoms with E-state index in [4.69, 9.17) is 5.11 Å². The molecule has 170 valence electrons. The third kappa shape index (κ3) is 5.62. The van der Waals surface area contributed by atoms with E-state index in [9.17, 15) is 14.3 Å². The molecule has 1 saturated heterocycles. The standard InChI is InChI=1S/C16H15FN4O.C8H14O2/c17-11-2-3-13-14(7-11)20-16(19-13)10-1-4-15(18-8-10)21-6-5-12(22)9-21;9-8(10)6-7-4-2-1-3-5-7/h1-4,7-8,12,22H,5-6,9H2,(H,19,20);7H,1-6H2,(H,9,10). The van der Waals surface area contributed by atoms with Crippen molar-refractivity contribution in [2.75, 3.05) is 18.0 Å². The molecule has 32 heavy (non-hydrogen) atoms. The average molecular weight is 441 g/mol. The molecule has 0 radical (unpaired) electrons. The van der Waals surface area contributed by atoms with Crippen molar-refractivity contribution in [1.82, 2.24) is 15.0 Å². The smallest absolute Gasteiger partial charge is 0.303 e. The Labute approximate surface area is 186 Å². The molecule has 1 saturated carbocycles. The lowest BCUT2D eigenvalue weighted by Crippen LogP contribution is -2.21. The summed E-state index contributed by atoms with van der Waals surface area (Å²) in [5, 5.41) is 18.0. The average Bonchev–Trinajstić information content (AvgIpc) is 3.40. The van der Waals surface area contributed by atoms with Crippen molar-refractivity contribution < 1.29 is 19.4 Å². The van der Waals surface area contributed by atoms with Crippen molar-refractivity contribution in [2.45, 2.75) is 51.0 Å². The first-order valence-corrected chi connectivity index (χ1v) is 11.2. The summed E-state index contributed by atoms with van der Waals surface area (Å²) in [6, 6.07) is 8.33. The number of aliphatic carboxylic acids is 1. The number of β-amino-alcohol motifs (C(OH)–C–C–N with tert-alkyl or cyclic N) is 1. The molecule has 2 aliphatic rings. The summed E-state index contributed by atoms with van der Waals surface area (Å²) in [4.78, 5) is 24.3. The molecule has 1 aliphatic heterocycles. The van der Waals surface area contributed by atoms with Gasteiger partial charge in [-0.15, -0.1) is 0 Å². The van der Waals surface area contributed by atoms with Gasteiger partial charge >= 0.3 is 5.97 Å². The molecule has 0 spiro atoms. The summed E-state index contributed by atoms with van der Waals surface area (Å²) in [5.74, 6) is 1.07. The quantitative estimate of drug-likeness (QED) is 0.557. The second kappa shape index (κ2) is 10.1. The molecule has 2 aromatic heterocycles. The number of carboxylic acid groups (broad SMARTS) is 1.